The number of benzene rings is 1. The third-order valence-electron chi connectivity index (χ3n) is 6.02. The number of nitrogens with one attached hydrogen (secondary N) is 1. The summed E-state index contributed by atoms with van der Waals surface area (Å²) in [6, 6.07) is 10.2. The van der Waals surface area contributed by atoms with E-state index < -0.39 is 0 Å². The number of nitrogens with zero attached hydrogens (tertiary/aromatic N) is 5. The van der Waals surface area contributed by atoms with Gasteiger partial charge >= 0.3 is 0 Å². The van der Waals surface area contributed by atoms with Crippen LogP contribution in [0, 0.1) is 6.92 Å². The van der Waals surface area contributed by atoms with E-state index >= 15 is 0 Å². The van der Waals surface area contributed by atoms with Crippen LogP contribution in [0.15, 0.2) is 41.8 Å². The van der Waals surface area contributed by atoms with Crippen LogP contribution in [0.4, 0.5) is 11.6 Å². The predicted molar refractivity (Wildman–Crippen MR) is 124 cm³/mol. The lowest BCUT2D eigenvalue weighted by atomic mass is 10.1. The number of thioether (sulfide) groups is 1. The van der Waals surface area contributed by atoms with Crippen LogP contribution in [0.1, 0.15) is 45.6 Å². The minimum Gasteiger partial charge on any atom is -0.379 e. The first kappa shape index (κ1) is 21.0. The fraction of sp³-hybridized carbons (Fsp3) is 0.391. The van der Waals surface area contributed by atoms with Crippen molar-refractivity contribution < 1.29 is 9.53 Å². The summed E-state index contributed by atoms with van der Waals surface area (Å²) < 4.78 is 7.42. The zero-order valence-corrected chi connectivity index (χ0v) is 19.2. The highest BCUT2D eigenvalue weighted by Gasteiger charge is 2.31. The van der Waals surface area contributed by atoms with Crippen LogP contribution in [0.5, 0.6) is 0 Å². The van der Waals surface area contributed by atoms with Crippen LogP contribution in [0.2, 0.25) is 0 Å². The molecule has 2 aromatic heterocycles. The fourth-order valence-corrected chi connectivity index (χ4v) is 5.02. The standard InChI is InChI=1S/C23H26N6O2S/c1-14-5-4-6-18-19(14)11-29(22(18)30)21-10-16(15(2)32-23-27-24-13-28(23)3)9-20(26-21)25-17-7-8-31-12-17/h4-6,9-10,13,15,17H,7-8,11-12H2,1-3H3,(H,25,26). The van der Waals surface area contributed by atoms with Crippen molar-refractivity contribution in [3.63, 3.8) is 0 Å². The number of hydrogen-bond acceptors (Lipinski definition) is 7. The van der Waals surface area contributed by atoms with E-state index in [0.29, 0.717) is 19.0 Å². The molecule has 1 saturated heterocycles. The molecule has 1 aromatic carbocycles. The lowest BCUT2D eigenvalue weighted by Gasteiger charge is -2.21. The number of amides is 1. The molecule has 0 saturated carbocycles. The number of ether oxygens (including phenoxy) is 1. The number of anilines is 2. The molecule has 3 aromatic rings. The Kier molecular flexibility index (Phi) is 5.60. The molecule has 0 aliphatic carbocycles. The van der Waals surface area contributed by atoms with E-state index in [9.17, 15) is 4.79 Å². The van der Waals surface area contributed by atoms with E-state index in [-0.39, 0.29) is 17.2 Å². The first-order valence-corrected chi connectivity index (χ1v) is 11.6. The highest BCUT2D eigenvalue weighted by Crippen LogP contribution is 2.37. The van der Waals surface area contributed by atoms with Gasteiger partial charge in [0, 0.05) is 24.5 Å². The van der Waals surface area contributed by atoms with Crippen molar-refractivity contribution in [1.82, 2.24) is 19.7 Å². The van der Waals surface area contributed by atoms with E-state index in [0.717, 1.165) is 46.3 Å². The molecule has 166 valence electrons. The molecular weight excluding hydrogens is 424 g/mol. The lowest BCUT2D eigenvalue weighted by Crippen LogP contribution is -2.26. The number of carbonyl (C=O) groups excluding carboxylic acids is 1. The Morgan fingerprint density at radius 2 is 2.19 bits per heavy atom. The van der Waals surface area contributed by atoms with Gasteiger partial charge in [-0.1, -0.05) is 23.9 Å². The second-order valence-corrected chi connectivity index (χ2v) is 9.63. The molecule has 0 spiro atoms. The number of hydrogen-bond donors (Lipinski definition) is 1. The average Bonchev–Trinajstić information content (AvgIpc) is 3.51. The predicted octanol–water partition coefficient (Wildman–Crippen LogP) is 3.73. The van der Waals surface area contributed by atoms with Gasteiger partial charge < -0.3 is 14.6 Å². The molecule has 1 N–H and O–H groups in total. The van der Waals surface area contributed by atoms with E-state index in [1.54, 1.807) is 23.0 Å². The van der Waals surface area contributed by atoms with Crippen molar-refractivity contribution in [2.75, 3.05) is 23.4 Å². The quantitative estimate of drug-likeness (QED) is 0.573. The SMILES string of the molecule is Cc1cccc2c1CN(c1cc(C(C)Sc3nncn3C)cc(NC3CCOC3)n1)C2=O. The van der Waals surface area contributed by atoms with Crippen LogP contribution < -0.4 is 10.2 Å². The van der Waals surface area contributed by atoms with Gasteiger partial charge in [0.2, 0.25) is 0 Å². The summed E-state index contributed by atoms with van der Waals surface area (Å²) in [7, 11) is 1.93. The number of aromatic nitrogens is 4. The Labute approximate surface area is 191 Å². The van der Waals surface area contributed by atoms with Crippen molar-refractivity contribution in [3.05, 3.63) is 58.9 Å². The maximum Gasteiger partial charge on any atom is 0.260 e. The molecular formula is C23H26N6O2S. The zero-order chi connectivity index (χ0) is 22.2. The highest BCUT2D eigenvalue weighted by atomic mass is 32.2. The number of carbonyl (C=O) groups is 1. The zero-order valence-electron chi connectivity index (χ0n) is 18.4. The number of fused-ring (bicyclic) bond motifs is 1. The highest BCUT2D eigenvalue weighted by molar-refractivity contribution is 7.99. The lowest BCUT2D eigenvalue weighted by molar-refractivity contribution is 0.0996. The Bertz CT molecular complexity index is 1160. The molecule has 0 radical (unpaired) electrons. The second kappa shape index (κ2) is 8.55. The van der Waals surface area contributed by atoms with Crippen LogP contribution in [-0.2, 0) is 18.3 Å². The summed E-state index contributed by atoms with van der Waals surface area (Å²) in [6.07, 6.45) is 2.64. The molecule has 2 atom stereocenters. The maximum atomic E-state index is 13.2. The molecule has 0 bridgehead atoms. The summed E-state index contributed by atoms with van der Waals surface area (Å²) in [5.41, 5.74) is 4.04. The van der Waals surface area contributed by atoms with E-state index in [2.05, 4.69) is 28.5 Å². The van der Waals surface area contributed by atoms with Crippen LogP contribution in [0.25, 0.3) is 0 Å². The molecule has 1 fully saturated rings. The first-order chi connectivity index (χ1) is 15.5. The summed E-state index contributed by atoms with van der Waals surface area (Å²) >= 11 is 1.63. The molecule has 8 nitrogen and oxygen atoms in total. The van der Waals surface area contributed by atoms with Crippen molar-refractivity contribution in [1.29, 1.82) is 0 Å². The van der Waals surface area contributed by atoms with Gasteiger partial charge in [0.05, 0.1) is 19.2 Å². The van der Waals surface area contributed by atoms with Gasteiger partial charge in [-0.3, -0.25) is 9.69 Å². The molecule has 4 heterocycles. The van der Waals surface area contributed by atoms with E-state index in [1.165, 1.54) is 0 Å². The minimum atomic E-state index is -0.00268. The van der Waals surface area contributed by atoms with Gasteiger partial charge in [-0.05, 0) is 55.2 Å². The van der Waals surface area contributed by atoms with Crippen molar-refractivity contribution >= 4 is 29.3 Å². The number of aryl methyl sites for hydroxylation is 2. The third kappa shape index (κ3) is 3.98. The molecule has 2 unspecified atom stereocenters. The number of rotatable bonds is 6. The monoisotopic (exact) mass is 450 g/mol. The maximum absolute atomic E-state index is 13.2. The molecule has 32 heavy (non-hydrogen) atoms. The van der Waals surface area contributed by atoms with Crippen molar-refractivity contribution in [2.24, 2.45) is 7.05 Å². The minimum absolute atomic E-state index is 0.00268. The van der Waals surface area contributed by atoms with Crippen molar-refractivity contribution in [3.8, 4) is 0 Å². The van der Waals surface area contributed by atoms with E-state index in [4.69, 9.17) is 9.72 Å². The molecule has 5 rings (SSSR count). The van der Waals surface area contributed by atoms with Crippen LogP contribution in [0.3, 0.4) is 0 Å². The average molecular weight is 451 g/mol. The largest absolute Gasteiger partial charge is 0.379 e. The fourth-order valence-electron chi connectivity index (χ4n) is 4.12. The summed E-state index contributed by atoms with van der Waals surface area (Å²) in [6.45, 7) is 6.13. The summed E-state index contributed by atoms with van der Waals surface area (Å²) in [4.78, 5) is 19.8. The van der Waals surface area contributed by atoms with Gasteiger partial charge in [-0.15, -0.1) is 10.2 Å². The molecule has 1 amide bonds. The Morgan fingerprint density at radius 1 is 1.31 bits per heavy atom. The second-order valence-electron chi connectivity index (χ2n) is 8.33. The Balaban J connectivity index is 1.49. The van der Waals surface area contributed by atoms with Gasteiger partial charge in [-0.25, -0.2) is 4.98 Å². The third-order valence-corrected chi connectivity index (χ3v) is 7.22. The summed E-state index contributed by atoms with van der Waals surface area (Å²) in [5, 5.41) is 12.6. The van der Waals surface area contributed by atoms with Crippen molar-refractivity contribution in [2.45, 2.75) is 43.3 Å². The topological polar surface area (TPSA) is 85.2 Å². The Morgan fingerprint density at radius 3 is 2.91 bits per heavy atom. The van der Waals surface area contributed by atoms with Crippen LogP contribution >= 0.6 is 11.8 Å². The van der Waals surface area contributed by atoms with Gasteiger partial charge in [0.15, 0.2) is 5.16 Å². The van der Waals surface area contributed by atoms with Gasteiger partial charge in [0.1, 0.15) is 18.0 Å². The first-order valence-electron chi connectivity index (χ1n) is 10.8. The Hall–Kier alpha value is -2.91. The number of pyridine rings is 1. The molecule has 2 aliphatic heterocycles. The molecule has 9 heteroatoms. The smallest absolute Gasteiger partial charge is 0.260 e. The molecule has 2 aliphatic rings. The normalized spacial score (nSPS) is 18.8. The van der Waals surface area contributed by atoms with Gasteiger partial charge in [0.25, 0.3) is 5.91 Å². The van der Waals surface area contributed by atoms with Crippen LogP contribution in [-0.4, -0.2) is 44.9 Å². The van der Waals surface area contributed by atoms with Gasteiger partial charge in [-0.2, -0.15) is 0 Å². The summed E-state index contributed by atoms with van der Waals surface area (Å²) in [5.74, 6) is 1.42. The van der Waals surface area contributed by atoms with E-state index in [1.807, 2.05) is 42.8 Å².